The van der Waals surface area contributed by atoms with Crippen LogP contribution in [-0.2, 0) is 17.8 Å². The van der Waals surface area contributed by atoms with Gasteiger partial charge in [-0.15, -0.1) is 10.2 Å². The predicted molar refractivity (Wildman–Crippen MR) is 116 cm³/mol. The Labute approximate surface area is 181 Å². The molecule has 4 aliphatic rings. The summed E-state index contributed by atoms with van der Waals surface area (Å²) < 4.78 is 15.2. The number of hydrogen-bond donors (Lipinski definition) is 1. The Balaban J connectivity index is 1.23. The standard InChI is InChI=1S/C23H29FN4OS/c1-2-28-20(13-23-10-15-7-16(11-23)9-17(8-15)12-23)26-27-22(28)30-14-21(29)25-19-5-3-18(24)4-6-19/h3-6,15-17H,2,7-14H2,1H3,(H,25,29). The number of rotatable bonds is 7. The molecule has 4 bridgehead atoms. The smallest absolute Gasteiger partial charge is 0.234 e. The Kier molecular flexibility index (Phi) is 5.33. The number of thioether (sulfide) groups is 1. The molecule has 4 saturated carbocycles. The lowest BCUT2D eigenvalue weighted by molar-refractivity contribution is -0.113. The fraction of sp³-hybridized carbons (Fsp3) is 0.609. The highest BCUT2D eigenvalue weighted by Crippen LogP contribution is 2.61. The minimum absolute atomic E-state index is 0.125. The molecular formula is C23H29FN4OS. The molecule has 0 unspecified atom stereocenters. The van der Waals surface area contributed by atoms with Crippen molar-refractivity contribution in [1.82, 2.24) is 14.8 Å². The lowest BCUT2D eigenvalue weighted by Gasteiger charge is -2.56. The molecule has 0 atom stereocenters. The zero-order chi connectivity index (χ0) is 20.7. The maximum absolute atomic E-state index is 13.0. The van der Waals surface area contributed by atoms with Gasteiger partial charge in [0.15, 0.2) is 5.16 Å². The number of hydrogen-bond acceptors (Lipinski definition) is 4. The summed E-state index contributed by atoms with van der Waals surface area (Å²) in [7, 11) is 0. The van der Waals surface area contributed by atoms with Gasteiger partial charge in [-0.05, 0) is 92.9 Å². The Hall–Kier alpha value is -1.89. The summed E-state index contributed by atoms with van der Waals surface area (Å²) in [5, 5.41) is 12.6. The molecule has 6 rings (SSSR count). The van der Waals surface area contributed by atoms with Gasteiger partial charge >= 0.3 is 0 Å². The lowest BCUT2D eigenvalue weighted by Crippen LogP contribution is -2.47. The molecule has 4 fully saturated rings. The average molecular weight is 429 g/mol. The van der Waals surface area contributed by atoms with E-state index >= 15 is 0 Å². The van der Waals surface area contributed by atoms with E-state index in [4.69, 9.17) is 0 Å². The largest absolute Gasteiger partial charge is 0.325 e. The quantitative estimate of drug-likeness (QED) is 0.636. The first-order chi connectivity index (χ1) is 14.5. The SMILES string of the molecule is CCn1c(CC23CC4CC(CC(C4)C2)C3)nnc1SCC(=O)Nc1ccc(F)cc1. The lowest BCUT2D eigenvalue weighted by atomic mass is 9.49. The van der Waals surface area contributed by atoms with Crippen LogP contribution in [0.4, 0.5) is 10.1 Å². The highest BCUT2D eigenvalue weighted by molar-refractivity contribution is 7.99. The number of halogens is 1. The maximum Gasteiger partial charge on any atom is 0.234 e. The minimum atomic E-state index is -0.315. The summed E-state index contributed by atoms with van der Waals surface area (Å²) in [4.78, 5) is 12.3. The number of nitrogens with one attached hydrogen (secondary N) is 1. The Bertz CT molecular complexity index is 891. The van der Waals surface area contributed by atoms with Crippen molar-refractivity contribution in [1.29, 1.82) is 0 Å². The van der Waals surface area contributed by atoms with E-state index in [-0.39, 0.29) is 17.5 Å². The van der Waals surface area contributed by atoms with Crippen molar-refractivity contribution < 1.29 is 9.18 Å². The van der Waals surface area contributed by atoms with Gasteiger partial charge in [0.05, 0.1) is 5.75 Å². The molecule has 1 heterocycles. The molecule has 1 N–H and O–H groups in total. The van der Waals surface area contributed by atoms with Crippen LogP contribution in [0.15, 0.2) is 29.4 Å². The first-order valence-corrected chi connectivity index (χ1v) is 12.1. The third kappa shape index (κ3) is 4.01. The van der Waals surface area contributed by atoms with Gasteiger partial charge in [-0.1, -0.05) is 11.8 Å². The van der Waals surface area contributed by atoms with E-state index in [1.807, 2.05) is 0 Å². The number of amides is 1. The average Bonchev–Trinajstić information content (AvgIpc) is 3.08. The van der Waals surface area contributed by atoms with Gasteiger partial charge in [0, 0.05) is 18.7 Å². The molecule has 4 aliphatic carbocycles. The number of anilines is 1. The van der Waals surface area contributed by atoms with Crippen LogP contribution >= 0.6 is 11.8 Å². The van der Waals surface area contributed by atoms with Crippen molar-refractivity contribution >= 4 is 23.4 Å². The number of carbonyl (C=O) groups is 1. The van der Waals surface area contributed by atoms with Crippen LogP contribution in [0.2, 0.25) is 0 Å². The second-order valence-electron chi connectivity index (χ2n) is 9.58. The third-order valence-corrected chi connectivity index (χ3v) is 8.23. The minimum Gasteiger partial charge on any atom is -0.325 e. The first kappa shape index (κ1) is 20.0. The first-order valence-electron chi connectivity index (χ1n) is 11.1. The maximum atomic E-state index is 13.0. The van der Waals surface area contributed by atoms with E-state index in [0.717, 1.165) is 41.7 Å². The zero-order valence-electron chi connectivity index (χ0n) is 17.4. The van der Waals surface area contributed by atoms with Gasteiger partial charge in [0.2, 0.25) is 5.91 Å². The van der Waals surface area contributed by atoms with E-state index in [9.17, 15) is 9.18 Å². The fourth-order valence-corrected chi connectivity index (χ4v) is 7.40. The van der Waals surface area contributed by atoms with Gasteiger partial charge in [-0.2, -0.15) is 0 Å². The van der Waals surface area contributed by atoms with Gasteiger partial charge in [-0.3, -0.25) is 4.79 Å². The Morgan fingerprint density at radius 2 is 1.77 bits per heavy atom. The molecule has 1 aromatic carbocycles. The molecular weight excluding hydrogens is 399 g/mol. The molecule has 0 saturated heterocycles. The van der Waals surface area contributed by atoms with Crippen LogP contribution in [0.3, 0.4) is 0 Å². The van der Waals surface area contributed by atoms with Crippen molar-refractivity contribution in [3.63, 3.8) is 0 Å². The molecule has 0 spiro atoms. The molecule has 1 amide bonds. The van der Waals surface area contributed by atoms with E-state index in [2.05, 4.69) is 27.0 Å². The van der Waals surface area contributed by atoms with Crippen molar-refractivity contribution in [2.45, 2.75) is 63.6 Å². The molecule has 5 nitrogen and oxygen atoms in total. The van der Waals surface area contributed by atoms with Gasteiger partial charge in [-0.25, -0.2) is 4.39 Å². The number of carbonyl (C=O) groups excluding carboxylic acids is 1. The van der Waals surface area contributed by atoms with Crippen molar-refractivity contribution in [3.8, 4) is 0 Å². The predicted octanol–water partition coefficient (Wildman–Crippen LogP) is 4.93. The van der Waals surface area contributed by atoms with Crippen LogP contribution in [0.5, 0.6) is 0 Å². The van der Waals surface area contributed by atoms with Gasteiger partial charge in [0.1, 0.15) is 11.6 Å². The van der Waals surface area contributed by atoms with Crippen LogP contribution in [-0.4, -0.2) is 26.4 Å². The van der Waals surface area contributed by atoms with Gasteiger partial charge in [0.25, 0.3) is 0 Å². The molecule has 1 aromatic heterocycles. The van der Waals surface area contributed by atoms with Crippen LogP contribution < -0.4 is 5.32 Å². The number of nitrogens with zero attached hydrogens (tertiary/aromatic N) is 3. The van der Waals surface area contributed by atoms with Gasteiger partial charge < -0.3 is 9.88 Å². The monoisotopic (exact) mass is 428 g/mol. The summed E-state index contributed by atoms with van der Waals surface area (Å²) in [6, 6.07) is 5.81. The Morgan fingerprint density at radius 3 is 2.37 bits per heavy atom. The van der Waals surface area contributed by atoms with E-state index in [0.29, 0.717) is 11.1 Å². The normalized spacial score (nSPS) is 29.3. The Morgan fingerprint density at radius 1 is 1.13 bits per heavy atom. The number of benzene rings is 1. The van der Waals surface area contributed by atoms with E-state index < -0.39 is 0 Å². The summed E-state index contributed by atoms with van der Waals surface area (Å²) >= 11 is 1.42. The summed E-state index contributed by atoms with van der Waals surface area (Å²) in [5.74, 6) is 3.69. The molecule has 0 aliphatic heterocycles. The van der Waals surface area contributed by atoms with Crippen molar-refractivity contribution in [2.24, 2.45) is 23.2 Å². The van der Waals surface area contributed by atoms with Crippen LogP contribution in [0.1, 0.15) is 51.3 Å². The van der Waals surface area contributed by atoms with E-state index in [1.54, 1.807) is 12.1 Å². The number of aromatic nitrogens is 3. The molecule has 0 radical (unpaired) electrons. The zero-order valence-corrected chi connectivity index (χ0v) is 18.3. The van der Waals surface area contributed by atoms with Crippen molar-refractivity contribution in [2.75, 3.05) is 11.1 Å². The molecule has 30 heavy (non-hydrogen) atoms. The second kappa shape index (κ2) is 7.98. The molecule has 160 valence electrons. The highest BCUT2D eigenvalue weighted by Gasteiger charge is 2.51. The molecule has 7 heteroatoms. The topological polar surface area (TPSA) is 59.8 Å². The fourth-order valence-electron chi connectivity index (χ4n) is 6.58. The second-order valence-corrected chi connectivity index (χ2v) is 10.5. The van der Waals surface area contributed by atoms with E-state index in [1.165, 1.54) is 62.4 Å². The molecule has 2 aromatic rings. The van der Waals surface area contributed by atoms with Crippen molar-refractivity contribution in [3.05, 3.63) is 35.9 Å². The van der Waals surface area contributed by atoms with Crippen LogP contribution in [0, 0.1) is 29.0 Å². The summed E-state index contributed by atoms with van der Waals surface area (Å²) in [6.07, 6.45) is 9.45. The summed E-state index contributed by atoms with van der Waals surface area (Å²) in [6.45, 7) is 2.94. The summed E-state index contributed by atoms with van der Waals surface area (Å²) in [5.41, 5.74) is 1.03. The van der Waals surface area contributed by atoms with Crippen LogP contribution in [0.25, 0.3) is 0 Å². The third-order valence-electron chi connectivity index (χ3n) is 7.27. The highest BCUT2D eigenvalue weighted by atomic mass is 32.2.